The van der Waals surface area contributed by atoms with Gasteiger partial charge in [-0.05, 0) is 31.7 Å². The zero-order valence-corrected chi connectivity index (χ0v) is 13.6. The van der Waals surface area contributed by atoms with E-state index in [1.165, 1.54) is 50.4 Å². The highest BCUT2D eigenvalue weighted by Gasteiger charge is 2.19. The highest BCUT2D eigenvalue weighted by Crippen LogP contribution is 2.15. The van der Waals surface area contributed by atoms with Crippen LogP contribution in [0.4, 0.5) is 0 Å². The van der Waals surface area contributed by atoms with Crippen molar-refractivity contribution in [2.75, 3.05) is 31.1 Å². The van der Waals surface area contributed by atoms with E-state index in [9.17, 15) is 0 Å². The molecule has 1 N–H and O–H groups in total. The third kappa shape index (κ3) is 5.94. The summed E-state index contributed by atoms with van der Waals surface area (Å²) in [6.07, 6.45) is 3.89. The molecule has 108 valence electrons. The van der Waals surface area contributed by atoms with Crippen molar-refractivity contribution in [3.8, 4) is 0 Å². The van der Waals surface area contributed by atoms with Crippen LogP contribution < -0.4 is 5.32 Å². The summed E-state index contributed by atoms with van der Waals surface area (Å²) in [5, 5.41) is 3.66. The summed E-state index contributed by atoms with van der Waals surface area (Å²) in [6.45, 7) is 13.1. The molecule has 0 aromatic heterocycles. The lowest BCUT2D eigenvalue weighted by atomic mass is 10.1. The standard InChI is InChI=1S/C15H32N2S/c1-5-15(6-2)17(11-13(3)4)9-7-14-12-18-10-8-16-14/h13-16H,5-12H2,1-4H3. The summed E-state index contributed by atoms with van der Waals surface area (Å²) < 4.78 is 0. The van der Waals surface area contributed by atoms with Gasteiger partial charge in [-0.2, -0.15) is 11.8 Å². The third-order valence-corrected chi connectivity index (χ3v) is 4.95. The molecule has 2 nitrogen and oxygen atoms in total. The van der Waals surface area contributed by atoms with Crippen molar-refractivity contribution in [3.63, 3.8) is 0 Å². The Hall–Kier alpha value is 0.270. The molecule has 1 fully saturated rings. The fraction of sp³-hybridized carbons (Fsp3) is 1.00. The van der Waals surface area contributed by atoms with Gasteiger partial charge in [0.1, 0.15) is 0 Å². The van der Waals surface area contributed by atoms with Gasteiger partial charge in [0, 0.05) is 36.7 Å². The predicted octanol–water partition coefficient (Wildman–Crippen LogP) is 3.23. The Morgan fingerprint density at radius 1 is 1.28 bits per heavy atom. The van der Waals surface area contributed by atoms with E-state index < -0.39 is 0 Å². The first-order valence-electron chi connectivity index (χ1n) is 7.72. The van der Waals surface area contributed by atoms with Gasteiger partial charge >= 0.3 is 0 Å². The molecule has 1 rings (SSSR count). The fourth-order valence-electron chi connectivity index (χ4n) is 2.82. The zero-order chi connectivity index (χ0) is 13.4. The number of nitrogens with zero attached hydrogens (tertiary/aromatic N) is 1. The molecule has 0 radical (unpaired) electrons. The van der Waals surface area contributed by atoms with Crippen LogP contribution in [0.1, 0.15) is 47.0 Å². The van der Waals surface area contributed by atoms with Crippen LogP contribution in [0, 0.1) is 5.92 Å². The number of rotatable bonds is 8. The number of nitrogens with one attached hydrogen (secondary N) is 1. The topological polar surface area (TPSA) is 15.3 Å². The fourth-order valence-corrected chi connectivity index (χ4v) is 3.82. The smallest absolute Gasteiger partial charge is 0.0170 e. The van der Waals surface area contributed by atoms with Crippen LogP contribution in [0.5, 0.6) is 0 Å². The molecule has 0 bridgehead atoms. The molecule has 0 spiro atoms. The molecule has 3 heteroatoms. The quantitative estimate of drug-likeness (QED) is 0.730. The first-order valence-corrected chi connectivity index (χ1v) is 8.88. The minimum atomic E-state index is 0.743. The minimum absolute atomic E-state index is 0.743. The predicted molar refractivity (Wildman–Crippen MR) is 84.5 cm³/mol. The lowest BCUT2D eigenvalue weighted by molar-refractivity contribution is 0.159. The van der Waals surface area contributed by atoms with Gasteiger partial charge in [0.05, 0.1) is 0 Å². The van der Waals surface area contributed by atoms with Crippen LogP contribution in [0.3, 0.4) is 0 Å². The second-order valence-corrected chi connectivity index (χ2v) is 7.02. The third-order valence-electron chi connectivity index (χ3n) is 3.82. The molecule has 18 heavy (non-hydrogen) atoms. The highest BCUT2D eigenvalue weighted by atomic mass is 32.2. The van der Waals surface area contributed by atoms with E-state index in [-0.39, 0.29) is 0 Å². The Morgan fingerprint density at radius 3 is 2.50 bits per heavy atom. The molecule has 1 aliphatic rings. The zero-order valence-electron chi connectivity index (χ0n) is 12.7. The average Bonchev–Trinajstić information content (AvgIpc) is 2.38. The number of hydrogen-bond acceptors (Lipinski definition) is 3. The van der Waals surface area contributed by atoms with E-state index in [1.807, 2.05) is 0 Å². The summed E-state index contributed by atoms with van der Waals surface area (Å²) in [4.78, 5) is 2.73. The van der Waals surface area contributed by atoms with Gasteiger partial charge in [-0.3, -0.25) is 0 Å². The Labute approximate surface area is 118 Å². The van der Waals surface area contributed by atoms with Gasteiger partial charge in [0.25, 0.3) is 0 Å². The van der Waals surface area contributed by atoms with Gasteiger partial charge in [-0.15, -0.1) is 0 Å². The Morgan fingerprint density at radius 2 is 2.00 bits per heavy atom. The summed E-state index contributed by atoms with van der Waals surface area (Å²) in [5.41, 5.74) is 0. The molecule has 0 aromatic carbocycles. The Balaban J connectivity index is 2.38. The van der Waals surface area contributed by atoms with Crippen LogP contribution in [-0.2, 0) is 0 Å². The molecule has 0 saturated carbocycles. The van der Waals surface area contributed by atoms with Crippen LogP contribution in [0.15, 0.2) is 0 Å². The molecular formula is C15H32N2S. The number of thioether (sulfide) groups is 1. The van der Waals surface area contributed by atoms with Crippen LogP contribution >= 0.6 is 11.8 Å². The van der Waals surface area contributed by atoms with Gasteiger partial charge in [0.15, 0.2) is 0 Å². The Kier molecular flexibility index (Phi) is 8.36. The monoisotopic (exact) mass is 272 g/mol. The van der Waals surface area contributed by atoms with Crippen molar-refractivity contribution in [2.24, 2.45) is 5.92 Å². The Bertz CT molecular complexity index is 199. The lowest BCUT2D eigenvalue weighted by Crippen LogP contribution is -2.43. The van der Waals surface area contributed by atoms with Crippen molar-refractivity contribution in [3.05, 3.63) is 0 Å². The van der Waals surface area contributed by atoms with Crippen molar-refractivity contribution in [1.82, 2.24) is 10.2 Å². The van der Waals surface area contributed by atoms with Crippen LogP contribution in [0.2, 0.25) is 0 Å². The number of hydrogen-bond donors (Lipinski definition) is 1. The van der Waals surface area contributed by atoms with Crippen molar-refractivity contribution in [2.45, 2.75) is 59.0 Å². The molecule has 0 aliphatic carbocycles. The van der Waals surface area contributed by atoms with E-state index in [2.05, 4.69) is 49.7 Å². The van der Waals surface area contributed by atoms with Crippen LogP contribution in [0.25, 0.3) is 0 Å². The molecule has 1 atom stereocenters. The van der Waals surface area contributed by atoms with E-state index >= 15 is 0 Å². The van der Waals surface area contributed by atoms with Crippen LogP contribution in [-0.4, -0.2) is 48.1 Å². The maximum Gasteiger partial charge on any atom is 0.0170 e. The van der Waals surface area contributed by atoms with Gasteiger partial charge < -0.3 is 10.2 Å². The van der Waals surface area contributed by atoms with Crippen molar-refractivity contribution >= 4 is 11.8 Å². The SMILES string of the molecule is CCC(CC)N(CCC1CSCCN1)CC(C)C. The minimum Gasteiger partial charge on any atom is -0.312 e. The average molecular weight is 273 g/mol. The maximum absolute atomic E-state index is 3.66. The molecular weight excluding hydrogens is 240 g/mol. The largest absolute Gasteiger partial charge is 0.312 e. The van der Waals surface area contributed by atoms with Gasteiger partial charge in [-0.1, -0.05) is 27.7 Å². The molecule has 1 aliphatic heterocycles. The lowest BCUT2D eigenvalue weighted by Gasteiger charge is -2.34. The first kappa shape index (κ1) is 16.3. The van der Waals surface area contributed by atoms with E-state index in [1.54, 1.807) is 0 Å². The summed E-state index contributed by atoms with van der Waals surface area (Å²) in [5.74, 6) is 3.37. The second kappa shape index (κ2) is 9.22. The first-order chi connectivity index (χ1) is 8.67. The van der Waals surface area contributed by atoms with Gasteiger partial charge in [-0.25, -0.2) is 0 Å². The van der Waals surface area contributed by atoms with Gasteiger partial charge in [0.2, 0.25) is 0 Å². The highest BCUT2D eigenvalue weighted by molar-refractivity contribution is 7.99. The summed E-state index contributed by atoms with van der Waals surface area (Å²) >= 11 is 2.11. The molecule has 0 aromatic rings. The summed E-state index contributed by atoms with van der Waals surface area (Å²) in [6, 6.07) is 1.52. The summed E-state index contributed by atoms with van der Waals surface area (Å²) in [7, 11) is 0. The van der Waals surface area contributed by atoms with E-state index in [0.717, 1.165) is 18.0 Å². The molecule has 1 saturated heterocycles. The van der Waals surface area contributed by atoms with E-state index in [0.29, 0.717) is 0 Å². The molecule has 0 amide bonds. The van der Waals surface area contributed by atoms with Crippen molar-refractivity contribution in [1.29, 1.82) is 0 Å². The second-order valence-electron chi connectivity index (χ2n) is 5.87. The molecule has 1 unspecified atom stereocenters. The normalized spacial score (nSPS) is 21.2. The van der Waals surface area contributed by atoms with E-state index in [4.69, 9.17) is 0 Å². The molecule has 1 heterocycles. The maximum atomic E-state index is 3.66. The van der Waals surface area contributed by atoms with Crippen molar-refractivity contribution < 1.29 is 0 Å².